The fourth-order valence-corrected chi connectivity index (χ4v) is 4.79. The molecule has 0 bridgehead atoms. The maximum atomic E-state index is 12.7. The van der Waals surface area contributed by atoms with Crippen LogP contribution in [0, 0.1) is 0 Å². The summed E-state index contributed by atoms with van der Waals surface area (Å²) in [5, 5.41) is 5.53. The Hall–Kier alpha value is -3.43. The molecule has 0 atom stereocenters. The Kier molecular flexibility index (Phi) is 6.67. The van der Waals surface area contributed by atoms with E-state index in [1.54, 1.807) is 31.2 Å². The van der Waals surface area contributed by atoms with Crippen LogP contribution in [0.4, 0.5) is 5.69 Å². The number of hydrogen-bond acceptors (Lipinski definition) is 7. The number of aromatic nitrogens is 2. The van der Waals surface area contributed by atoms with E-state index < -0.39 is 5.97 Å². The van der Waals surface area contributed by atoms with E-state index in [0.29, 0.717) is 21.1 Å². The van der Waals surface area contributed by atoms with Crippen molar-refractivity contribution in [2.45, 2.75) is 12.1 Å². The zero-order valence-electron chi connectivity index (χ0n) is 17.1. The maximum Gasteiger partial charge on any atom is 0.340 e. The van der Waals surface area contributed by atoms with Gasteiger partial charge in [0.05, 0.1) is 29.0 Å². The Morgan fingerprint density at radius 3 is 2.66 bits per heavy atom. The number of rotatable bonds is 7. The molecule has 0 saturated carbocycles. The molecule has 0 aliphatic carbocycles. The van der Waals surface area contributed by atoms with E-state index >= 15 is 0 Å². The number of thioether (sulfide) groups is 1. The van der Waals surface area contributed by atoms with Gasteiger partial charge in [0.25, 0.3) is 5.56 Å². The van der Waals surface area contributed by atoms with Gasteiger partial charge in [-0.1, -0.05) is 54.2 Å². The highest BCUT2D eigenvalue weighted by Gasteiger charge is 2.16. The molecule has 0 unspecified atom stereocenters. The van der Waals surface area contributed by atoms with E-state index in [9.17, 15) is 14.4 Å². The SMILES string of the molecule is CCOC(=O)c1ccccc1NC(=O)CSc1nc2scc(-c3ccccc3)c2c(=O)[nH]1. The van der Waals surface area contributed by atoms with E-state index in [1.165, 1.54) is 11.3 Å². The summed E-state index contributed by atoms with van der Waals surface area (Å²) < 4.78 is 5.02. The van der Waals surface area contributed by atoms with Gasteiger partial charge < -0.3 is 15.0 Å². The number of nitrogens with one attached hydrogen (secondary N) is 2. The van der Waals surface area contributed by atoms with Gasteiger partial charge in [-0.2, -0.15) is 0 Å². The van der Waals surface area contributed by atoms with Gasteiger partial charge in [-0.15, -0.1) is 11.3 Å². The van der Waals surface area contributed by atoms with Crippen LogP contribution in [-0.4, -0.2) is 34.2 Å². The minimum atomic E-state index is -0.501. The summed E-state index contributed by atoms with van der Waals surface area (Å²) in [5.41, 5.74) is 2.20. The van der Waals surface area contributed by atoms with Crippen LogP contribution in [0.2, 0.25) is 0 Å². The Morgan fingerprint density at radius 2 is 1.88 bits per heavy atom. The summed E-state index contributed by atoms with van der Waals surface area (Å²) >= 11 is 2.51. The summed E-state index contributed by atoms with van der Waals surface area (Å²) in [6.07, 6.45) is 0. The number of amides is 1. The minimum absolute atomic E-state index is 0.0164. The average molecular weight is 466 g/mol. The molecule has 2 N–H and O–H groups in total. The van der Waals surface area contributed by atoms with Crippen LogP contribution in [-0.2, 0) is 9.53 Å². The Labute approximate surface area is 191 Å². The second kappa shape index (κ2) is 9.80. The first-order valence-corrected chi connectivity index (χ1v) is 11.7. The number of H-pyrrole nitrogens is 1. The van der Waals surface area contributed by atoms with Crippen LogP contribution >= 0.6 is 23.1 Å². The van der Waals surface area contributed by atoms with Crippen molar-refractivity contribution in [2.24, 2.45) is 0 Å². The number of anilines is 1. The zero-order valence-corrected chi connectivity index (χ0v) is 18.7. The van der Waals surface area contributed by atoms with Gasteiger partial charge in [-0.05, 0) is 24.6 Å². The molecule has 0 aliphatic rings. The Bertz CT molecular complexity index is 1330. The predicted molar refractivity (Wildman–Crippen MR) is 127 cm³/mol. The number of nitrogens with zero attached hydrogens (tertiary/aromatic N) is 1. The molecule has 4 rings (SSSR count). The van der Waals surface area contributed by atoms with Crippen molar-refractivity contribution >= 4 is 50.9 Å². The molecule has 9 heteroatoms. The number of ether oxygens (including phenoxy) is 1. The first-order valence-electron chi connectivity index (χ1n) is 9.82. The highest BCUT2D eigenvalue weighted by atomic mass is 32.2. The van der Waals surface area contributed by atoms with Gasteiger partial charge in [0.1, 0.15) is 4.83 Å². The Morgan fingerprint density at radius 1 is 1.12 bits per heavy atom. The highest BCUT2D eigenvalue weighted by Crippen LogP contribution is 2.31. The van der Waals surface area contributed by atoms with Crippen molar-refractivity contribution in [2.75, 3.05) is 17.7 Å². The van der Waals surface area contributed by atoms with Crippen molar-refractivity contribution in [1.82, 2.24) is 9.97 Å². The number of para-hydroxylation sites is 1. The van der Waals surface area contributed by atoms with Crippen molar-refractivity contribution < 1.29 is 14.3 Å². The number of carbonyl (C=O) groups excluding carboxylic acids is 2. The van der Waals surface area contributed by atoms with Crippen molar-refractivity contribution in [3.63, 3.8) is 0 Å². The number of carbonyl (C=O) groups is 2. The van der Waals surface area contributed by atoms with Gasteiger partial charge in [0.15, 0.2) is 5.16 Å². The van der Waals surface area contributed by atoms with Gasteiger partial charge >= 0.3 is 5.97 Å². The molecule has 1 amide bonds. The van der Waals surface area contributed by atoms with E-state index in [4.69, 9.17) is 4.74 Å². The third kappa shape index (κ3) is 4.74. The third-order valence-electron chi connectivity index (χ3n) is 4.54. The number of aromatic amines is 1. The molecule has 0 saturated heterocycles. The third-order valence-corrected chi connectivity index (χ3v) is 6.29. The van der Waals surface area contributed by atoms with Gasteiger partial charge in [-0.3, -0.25) is 9.59 Å². The monoisotopic (exact) mass is 465 g/mol. The number of fused-ring (bicyclic) bond motifs is 1. The van der Waals surface area contributed by atoms with Crippen LogP contribution in [0.15, 0.2) is 69.9 Å². The maximum absolute atomic E-state index is 12.7. The standard InChI is InChI=1S/C23H19N3O4S2/c1-2-30-22(29)15-10-6-7-11-17(15)24-18(27)13-32-23-25-20(28)19-16(12-31-21(19)26-23)14-8-4-3-5-9-14/h3-12H,2,13H2,1H3,(H,24,27)(H,25,26,28). The first kappa shape index (κ1) is 21.8. The molecule has 2 heterocycles. The molecule has 0 aliphatic heterocycles. The molecule has 32 heavy (non-hydrogen) atoms. The molecule has 2 aromatic carbocycles. The van der Waals surface area contributed by atoms with Gasteiger partial charge in [0.2, 0.25) is 5.91 Å². The molecule has 0 radical (unpaired) electrons. The van der Waals surface area contributed by atoms with Crippen molar-refractivity contribution in [3.05, 3.63) is 75.9 Å². The molecule has 4 aromatic rings. The van der Waals surface area contributed by atoms with E-state index in [1.807, 2.05) is 35.7 Å². The highest BCUT2D eigenvalue weighted by molar-refractivity contribution is 7.99. The van der Waals surface area contributed by atoms with Crippen LogP contribution in [0.5, 0.6) is 0 Å². The normalized spacial score (nSPS) is 10.8. The summed E-state index contributed by atoms with van der Waals surface area (Å²) in [7, 11) is 0. The molecule has 0 fully saturated rings. The number of hydrogen-bond donors (Lipinski definition) is 2. The van der Waals surface area contributed by atoms with Crippen LogP contribution in [0.3, 0.4) is 0 Å². The summed E-state index contributed by atoms with van der Waals surface area (Å²) in [6, 6.07) is 16.3. The largest absolute Gasteiger partial charge is 0.462 e. The fraction of sp³-hybridized carbons (Fsp3) is 0.130. The fourth-order valence-electron chi connectivity index (χ4n) is 3.13. The van der Waals surface area contributed by atoms with E-state index in [2.05, 4.69) is 15.3 Å². The number of esters is 1. The van der Waals surface area contributed by atoms with Crippen LogP contribution in [0.1, 0.15) is 17.3 Å². The lowest BCUT2D eigenvalue weighted by molar-refractivity contribution is -0.113. The lowest BCUT2D eigenvalue weighted by Gasteiger charge is -2.10. The summed E-state index contributed by atoms with van der Waals surface area (Å²) in [6.45, 7) is 1.96. The number of thiophene rings is 1. The quantitative estimate of drug-likeness (QED) is 0.236. The smallest absolute Gasteiger partial charge is 0.340 e. The minimum Gasteiger partial charge on any atom is -0.462 e. The lowest BCUT2D eigenvalue weighted by atomic mass is 10.1. The topological polar surface area (TPSA) is 101 Å². The van der Waals surface area contributed by atoms with Crippen molar-refractivity contribution in [3.8, 4) is 11.1 Å². The van der Waals surface area contributed by atoms with Crippen LogP contribution in [0.25, 0.3) is 21.3 Å². The Balaban J connectivity index is 1.48. The summed E-state index contributed by atoms with van der Waals surface area (Å²) in [4.78, 5) is 45.1. The molecule has 2 aromatic heterocycles. The number of benzene rings is 2. The lowest BCUT2D eigenvalue weighted by Crippen LogP contribution is -2.18. The molecule has 162 valence electrons. The second-order valence-electron chi connectivity index (χ2n) is 6.67. The first-order chi connectivity index (χ1) is 15.6. The molecule has 0 spiro atoms. The molecule has 7 nitrogen and oxygen atoms in total. The predicted octanol–water partition coefficient (Wildman–Crippen LogP) is 4.56. The van der Waals surface area contributed by atoms with Crippen LogP contribution < -0.4 is 10.9 Å². The molecular weight excluding hydrogens is 446 g/mol. The van der Waals surface area contributed by atoms with E-state index in [-0.39, 0.29) is 29.4 Å². The van der Waals surface area contributed by atoms with E-state index in [0.717, 1.165) is 22.9 Å². The average Bonchev–Trinajstić information content (AvgIpc) is 3.23. The van der Waals surface area contributed by atoms with Crippen molar-refractivity contribution in [1.29, 1.82) is 0 Å². The van der Waals surface area contributed by atoms with Gasteiger partial charge in [-0.25, -0.2) is 9.78 Å². The van der Waals surface area contributed by atoms with Gasteiger partial charge in [0, 0.05) is 10.9 Å². The zero-order chi connectivity index (χ0) is 22.5. The molecular formula is C23H19N3O4S2. The summed E-state index contributed by atoms with van der Waals surface area (Å²) in [5.74, 6) is -0.812. The second-order valence-corrected chi connectivity index (χ2v) is 8.49.